The molecule has 0 saturated carbocycles. The highest BCUT2D eigenvalue weighted by Crippen LogP contribution is 2.34. The predicted molar refractivity (Wildman–Crippen MR) is 85.8 cm³/mol. The van der Waals surface area contributed by atoms with E-state index >= 15 is 0 Å². The summed E-state index contributed by atoms with van der Waals surface area (Å²) in [5.74, 6) is 0. The van der Waals surface area contributed by atoms with E-state index in [0.717, 1.165) is 30.9 Å². The van der Waals surface area contributed by atoms with E-state index < -0.39 is 11.9 Å². The molecule has 2 fully saturated rings. The summed E-state index contributed by atoms with van der Waals surface area (Å²) in [7, 11) is 1.69. The van der Waals surface area contributed by atoms with Gasteiger partial charge < -0.3 is 16.0 Å². The van der Waals surface area contributed by atoms with E-state index in [9.17, 15) is 13.2 Å². The van der Waals surface area contributed by atoms with Gasteiger partial charge in [-0.3, -0.25) is 4.68 Å². The van der Waals surface area contributed by atoms with Gasteiger partial charge in [0.15, 0.2) is 5.69 Å². The molecular formula is C16H22F3N5. The Morgan fingerprint density at radius 1 is 1.46 bits per heavy atom. The quantitative estimate of drug-likeness (QED) is 0.792. The zero-order chi connectivity index (χ0) is 17.5. The minimum atomic E-state index is -4.48. The van der Waals surface area contributed by atoms with E-state index in [1.807, 2.05) is 0 Å². The van der Waals surface area contributed by atoms with E-state index in [1.54, 1.807) is 14.0 Å². The summed E-state index contributed by atoms with van der Waals surface area (Å²) in [6, 6.07) is 1.36. The van der Waals surface area contributed by atoms with Gasteiger partial charge in [-0.1, -0.05) is 0 Å². The molecule has 3 heterocycles. The number of nitrogens with zero attached hydrogens (tertiary/aromatic N) is 2. The molecule has 0 radical (unpaired) electrons. The van der Waals surface area contributed by atoms with Crippen molar-refractivity contribution in [3.05, 3.63) is 23.0 Å². The van der Waals surface area contributed by atoms with E-state index in [0.29, 0.717) is 30.1 Å². The zero-order valence-electron chi connectivity index (χ0n) is 13.8. The molecule has 0 aliphatic carbocycles. The predicted octanol–water partition coefficient (Wildman–Crippen LogP) is 2.79. The van der Waals surface area contributed by atoms with Gasteiger partial charge >= 0.3 is 6.18 Å². The molecule has 5 nitrogen and oxygen atoms in total. The van der Waals surface area contributed by atoms with Crippen LogP contribution in [0.2, 0.25) is 0 Å². The second-order valence-corrected chi connectivity index (χ2v) is 6.30. The maximum atomic E-state index is 13.0. The number of fused-ring (bicyclic) bond motifs is 2. The molecule has 2 aliphatic heterocycles. The normalized spacial score (nSPS) is 26.5. The second-order valence-electron chi connectivity index (χ2n) is 6.30. The second kappa shape index (κ2) is 6.23. The molecular weight excluding hydrogens is 319 g/mol. The smallest absolute Gasteiger partial charge is 0.386 e. The van der Waals surface area contributed by atoms with Crippen molar-refractivity contribution >= 4 is 11.4 Å². The Labute approximate surface area is 138 Å². The van der Waals surface area contributed by atoms with Crippen molar-refractivity contribution in [2.45, 2.75) is 57.4 Å². The van der Waals surface area contributed by atoms with E-state index in [-0.39, 0.29) is 12.1 Å². The maximum absolute atomic E-state index is 13.0. The molecule has 132 valence electrons. The molecule has 0 unspecified atom stereocenters. The Morgan fingerprint density at radius 3 is 2.83 bits per heavy atom. The first kappa shape index (κ1) is 17.0. The number of piperidine rings is 2. The van der Waals surface area contributed by atoms with Gasteiger partial charge in [-0.15, -0.1) is 0 Å². The third-order valence-corrected chi connectivity index (χ3v) is 4.78. The molecule has 0 spiro atoms. The standard InChI is InChI=1S/C16H22F3N5/c1-3-24-12(8-13(23-24)16(17,18)19)15(21-2)10-7-9-5-4-6-11(22-9)14(10)20/h8-9,11,20-22H,3-7H2,1-2H3/b15-10-,20-14?/t9-,11+/m0/s1. The first-order valence-electron chi connectivity index (χ1n) is 8.26. The van der Waals surface area contributed by atoms with Crippen molar-refractivity contribution in [3.63, 3.8) is 0 Å². The van der Waals surface area contributed by atoms with Crippen LogP contribution in [0, 0.1) is 5.41 Å². The Morgan fingerprint density at radius 2 is 2.21 bits per heavy atom. The number of alkyl halides is 3. The minimum absolute atomic E-state index is 0.00376. The summed E-state index contributed by atoms with van der Waals surface area (Å²) >= 11 is 0. The molecule has 3 rings (SSSR count). The highest BCUT2D eigenvalue weighted by Gasteiger charge is 2.37. The summed E-state index contributed by atoms with van der Waals surface area (Å²) in [6.07, 6.45) is -0.807. The Balaban J connectivity index is 2.08. The summed E-state index contributed by atoms with van der Waals surface area (Å²) in [4.78, 5) is 0. The van der Waals surface area contributed by atoms with Crippen molar-refractivity contribution in [3.8, 4) is 0 Å². The van der Waals surface area contributed by atoms with E-state index in [1.165, 1.54) is 4.68 Å². The van der Waals surface area contributed by atoms with Crippen LogP contribution >= 0.6 is 0 Å². The lowest BCUT2D eigenvalue weighted by atomic mass is 9.81. The lowest BCUT2D eigenvalue weighted by Gasteiger charge is -2.38. The van der Waals surface area contributed by atoms with Crippen LogP contribution in [0.25, 0.3) is 5.70 Å². The Bertz CT molecular complexity index is 674. The average molecular weight is 341 g/mol. The number of aromatic nitrogens is 2. The highest BCUT2D eigenvalue weighted by molar-refractivity contribution is 6.08. The SMILES string of the molecule is CCn1nc(C(F)(F)F)cc1/C(NC)=C1\C[C@@H]2CCC[C@@H](N2)C1=N. The van der Waals surface area contributed by atoms with Crippen LogP contribution in [-0.4, -0.2) is 34.6 Å². The first-order valence-corrected chi connectivity index (χ1v) is 8.26. The van der Waals surface area contributed by atoms with Crippen molar-refractivity contribution < 1.29 is 13.2 Å². The monoisotopic (exact) mass is 341 g/mol. The molecule has 1 aromatic heterocycles. The largest absolute Gasteiger partial charge is 0.435 e. The molecule has 2 atom stereocenters. The summed E-state index contributed by atoms with van der Waals surface area (Å²) in [6.45, 7) is 2.10. The number of nitrogens with one attached hydrogen (secondary N) is 3. The van der Waals surface area contributed by atoms with Gasteiger partial charge in [-0.25, -0.2) is 0 Å². The maximum Gasteiger partial charge on any atom is 0.435 e. The lowest BCUT2D eigenvalue weighted by molar-refractivity contribution is -0.141. The number of aryl methyl sites for hydroxylation is 1. The fourth-order valence-corrected chi connectivity index (χ4v) is 3.64. The third kappa shape index (κ3) is 2.94. The molecule has 0 aromatic carbocycles. The number of rotatable bonds is 3. The molecule has 24 heavy (non-hydrogen) atoms. The molecule has 2 bridgehead atoms. The number of halogens is 3. The van der Waals surface area contributed by atoms with Crippen molar-refractivity contribution in [1.82, 2.24) is 20.4 Å². The summed E-state index contributed by atoms with van der Waals surface area (Å²) < 4.78 is 40.4. The highest BCUT2D eigenvalue weighted by atomic mass is 19.4. The average Bonchev–Trinajstić information content (AvgIpc) is 2.97. The van der Waals surface area contributed by atoms with Crippen molar-refractivity contribution in [2.24, 2.45) is 0 Å². The molecule has 0 amide bonds. The molecule has 3 N–H and O–H groups in total. The van der Waals surface area contributed by atoms with Crippen LogP contribution in [-0.2, 0) is 12.7 Å². The van der Waals surface area contributed by atoms with Gasteiger partial charge in [0.25, 0.3) is 0 Å². The van der Waals surface area contributed by atoms with Crippen LogP contribution < -0.4 is 10.6 Å². The first-order chi connectivity index (χ1) is 11.3. The summed E-state index contributed by atoms with van der Waals surface area (Å²) in [5.41, 5.74) is 1.37. The van der Waals surface area contributed by atoms with Gasteiger partial charge in [-0.05, 0) is 38.7 Å². The van der Waals surface area contributed by atoms with Gasteiger partial charge in [0.05, 0.1) is 17.1 Å². The minimum Gasteiger partial charge on any atom is -0.386 e. The van der Waals surface area contributed by atoms with E-state index in [2.05, 4.69) is 15.7 Å². The van der Waals surface area contributed by atoms with Crippen molar-refractivity contribution in [1.29, 1.82) is 5.41 Å². The fourth-order valence-electron chi connectivity index (χ4n) is 3.64. The fraction of sp³-hybridized carbons (Fsp3) is 0.625. The Hall–Kier alpha value is -1.83. The Kier molecular flexibility index (Phi) is 4.42. The molecule has 8 heteroatoms. The topological polar surface area (TPSA) is 65.7 Å². The molecule has 1 aromatic rings. The third-order valence-electron chi connectivity index (χ3n) is 4.78. The van der Waals surface area contributed by atoms with Crippen LogP contribution in [0.15, 0.2) is 11.6 Å². The lowest BCUT2D eigenvalue weighted by Crippen LogP contribution is -2.52. The molecule has 2 aliphatic rings. The van der Waals surface area contributed by atoms with E-state index in [4.69, 9.17) is 5.41 Å². The van der Waals surface area contributed by atoms with Gasteiger partial charge in [-0.2, -0.15) is 18.3 Å². The van der Waals surface area contributed by atoms with Crippen LogP contribution in [0.5, 0.6) is 0 Å². The van der Waals surface area contributed by atoms with Gasteiger partial charge in [0.2, 0.25) is 0 Å². The number of hydrogen-bond acceptors (Lipinski definition) is 4. The van der Waals surface area contributed by atoms with Crippen molar-refractivity contribution in [2.75, 3.05) is 7.05 Å². The summed E-state index contributed by atoms with van der Waals surface area (Å²) in [5, 5.41) is 18.6. The zero-order valence-corrected chi connectivity index (χ0v) is 13.8. The van der Waals surface area contributed by atoms with Gasteiger partial charge in [0, 0.05) is 31.2 Å². The van der Waals surface area contributed by atoms with Crippen LogP contribution in [0.4, 0.5) is 13.2 Å². The molecule has 2 saturated heterocycles. The van der Waals surface area contributed by atoms with Gasteiger partial charge in [0.1, 0.15) is 0 Å². The van der Waals surface area contributed by atoms with Crippen LogP contribution in [0.1, 0.15) is 44.0 Å². The van der Waals surface area contributed by atoms with Crippen LogP contribution in [0.3, 0.4) is 0 Å². The number of hydrogen-bond donors (Lipinski definition) is 3.